The van der Waals surface area contributed by atoms with Crippen molar-refractivity contribution in [3.05, 3.63) is 95.7 Å². The number of carbonyl (C=O) groups excluding carboxylic acids is 1. The highest BCUT2D eigenvalue weighted by atomic mass is 35.5. The van der Waals surface area contributed by atoms with Gasteiger partial charge in [0.2, 0.25) is 0 Å². The minimum absolute atomic E-state index is 0.0652. The van der Waals surface area contributed by atoms with Crippen molar-refractivity contribution in [2.24, 2.45) is 0 Å². The average molecular weight is 390 g/mol. The maximum absolute atomic E-state index is 12.2. The Morgan fingerprint density at radius 1 is 0.929 bits per heavy atom. The van der Waals surface area contributed by atoms with Gasteiger partial charge in [0.05, 0.1) is 0 Å². The zero-order valence-electron chi connectivity index (χ0n) is 14.7. The summed E-state index contributed by atoms with van der Waals surface area (Å²) in [5, 5.41) is 15.3. The minimum atomic E-state index is -0.527. The molecule has 6 heteroatoms. The first-order valence-corrected chi connectivity index (χ1v) is 8.78. The van der Waals surface area contributed by atoms with Crippen molar-refractivity contribution < 1.29 is 9.53 Å². The monoisotopic (exact) mass is 389 g/mol. The fourth-order valence-electron chi connectivity index (χ4n) is 2.31. The van der Waals surface area contributed by atoms with E-state index in [0.29, 0.717) is 22.1 Å². The lowest BCUT2D eigenvalue weighted by Gasteiger charge is -2.07. The number of hydrogen-bond donors (Lipinski definition) is 2. The van der Waals surface area contributed by atoms with Crippen molar-refractivity contribution >= 4 is 28.9 Å². The molecular weight excluding hydrogens is 374 g/mol. The molecule has 0 aromatic heterocycles. The smallest absolute Gasteiger partial charge is 0.267 e. The lowest BCUT2D eigenvalue weighted by Crippen LogP contribution is -2.14. The van der Waals surface area contributed by atoms with Crippen molar-refractivity contribution in [3.63, 3.8) is 0 Å². The van der Waals surface area contributed by atoms with Gasteiger partial charge in [0, 0.05) is 22.6 Å². The van der Waals surface area contributed by atoms with Gasteiger partial charge in [0.15, 0.2) is 0 Å². The second-order valence-corrected chi connectivity index (χ2v) is 6.15. The molecule has 3 aromatic rings. The van der Waals surface area contributed by atoms with Gasteiger partial charge in [0.1, 0.15) is 23.1 Å². The van der Waals surface area contributed by atoms with E-state index in [2.05, 4.69) is 10.6 Å². The summed E-state index contributed by atoms with van der Waals surface area (Å²) in [5.41, 5.74) is 1.16. The first-order valence-electron chi connectivity index (χ1n) is 8.41. The van der Waals surface area contributed by atoms with E-state index in [0.717, 1.165) is 5.75 Å². The predicted octanol–water partition coefficient (Wildman–Crippen LogP) is 5.59. The van der Waals surface area contributed by atoms with E-state index in [-0.39, 0.29) is 5.57 Å². The molecule has 0 atom stereocenters. The van der Waals surface area contributed by atoms with Gasteiger partial charge in [-0.15, -0.1) is 0 Å². The molecule has 1 amide bonds. The highest BCUT2D eigenvalue weighted by molar-refractivity contribution is 6.31. The Kier molecular flexibility index (Phi) is 6.29. The summed E-state index contributed by atoms with van der Waals surface area (Å²) < 4.78 is 5.72. The van der Waals surface area contributed by atoms with Gasteiger partial charge in [-0.25, -0.2) is 0 Å². The van der Waals surface area contributed by atoms with Gasteiger partial charge in [-0.1, -0.05) is 35.9 Å². The van der Waals surface area contributed by atoms with Crippen LogP contribution >= 0.6 is 11.6 Å². The van der Waals surface area contributed by atoms with E-state index in [1.165, 1.54) is 6.20 Å². The van der Waals surface area contributed by atoms with Crippen LogP contribution in [0.4, 0.5) is 11.4 Å². The highest BCUT2D eigenvalue weighted by Gasteiger charge is 2.09. The number of hydrogen-bond acceptors (Lipinski definition) is 4. The van der Waals surface area contributed by atoms with E-state index in [4.69, 9.17) is 16.3 Å². The molecule has 2 N–H and O–H groups in total. The number of para-hydroxylation sites is 1. The van der Waals surface area contributed by atoms with Gasteiger partial charge in [-0.05, 0) is 54.6 Å². The first kappa shape index (κ1) is 19.0. The minimum Gasteiger partial charge on any atom is -0.457 e. The van der Waals surface area contributed by atoms with Crippen LogP contribution in [0.2, 0.25) is 5.02 Å². The molecule has 138 valence electrons. The SMILES string of the molecule is N#CC(=CNc1ccc(Oc2ccccc2)cc1)C(=O)Nc1cccc(Cl)c1. The molecule has 0 bridgehead atoms. The van der Waals surface area contributed by atoms with Gasteiger partial charge in [-0.2, -0.15) is 5.26 Å². The van der Waals surface area contributed by atoms with Crippen LogP contribution in [0.25, 0.3) is 0 Å². The number of nitrogens with one attached hydrogen (secondary N) is 2. The van der Waals surface area contributed by atoms with E-state index >= 15 is 0 Å². The number of nitrogens with zero attached hydrogens (tertiary/aromatic N) is 1. The Bertz CT molecular complexity index is 1030. The third-order valence-electron chi connectivity index (χ3n) is 3.66. The molecule has 0 saturated carbocycles. The largest absolute Gasteiger partial charge is 0.457 e. The summed E-state index contributed by atoms with van der Waals surface area (Å²) in [6.45, 7) is 0. The average Bonchev–Trinajstić information content (AvgIpc) is 2.70. The molecule has 0 radical (unpaired) electrons. The predicted molar refractivity (Wildman–Crippen MR) is 110 cm³/mol. The molecule has 3 aromatic carbocycles. The van der Waals surface area contributed by atoms with Crippen LogP contribution in [0.3, 0.4) is 0 Å². The molecule has 0 aliphatic rings. The van der Waals surface area contributed by atoms with E-state index in [9.17, 15) is 10.1 Å². The number of benzene rings is 3. The highest BCUT2D eigenvalue weighted by Crippen LogP contribution is 2.22. The van der Waals surface area contributed by atoms with E-state index in [1.54, 1.807) is 48.5 Å². The zero-order valence-corrected chi connectivity index (χ0v) is 15.5. The van der Waals surface area contributed by atoms with E-state index in [1.807, 2.05) is 36.4 Å². The maximum Gasteiger partial charge on any atom is 0.267 e. The Labute approximate surface area is 167 Å². The number of carbonyl (C=O) groups is 1. The number of halogens is 1. The fraction of sp³-hybridized carbons (Fsp3) is 0. The van der Waals surface area contributed by atoms with Crippen molar-refractivity contribution in [3.8, 4) is 17.6 Å². The molecule has 0 saturated heterocycles. The fourth-order valence-corrected chi connectivity index (χ4v) is 2.50. The lowest BCUT2D eigenvalue weighted by atomic mass is 10.2. The Morgan fingerprint density at radius 2 is 1.64 bits per heavy atom. The molecule has 0 aliphatic heterocycles. The molecule has 0 fully saturated rings. The lowest BCUT2D eigenvalue weighted by molar-refractivity contribution is -0.112. The quantitative estimate of drug-likeness (QED) is 0.425. The second-order valence-electron chi connectivity index (χ2n) is 5.72. The van der Waals surface area contributed by atoms with Gasteiger partial charge in [0.25, 0.3) is 5.91 Å². The van der Waals surface area contributed by atoms with Crippen molar-refractivity contribution in [2.75, 3.05) is 10.6 Å². The maximum atomic E-state index is 12.2. The third-order valence-corrected chi connectivity index (χ3v) is 3.90. The van der Waals surface area contributed by atoms with Gasteiger partial charge < -0.3 is 15.4 Å². The summed E-state index contributed by atoms with van der Waals surface area (Å²) in [7, 11) is 0. The molecule has 28 heavy (non-hydrogen) atoms. The first-order chi connectivity index (χ1) is 13.6. The third kappa shape index (κ3) is 5.37. The van der Waals surface area contributed by atoms with Crippen molar-refractivity contribution in [1.82, 2.24) is 0 Å². The number of ether oxygens (including phenoxy) is 1. The Hall–Kier alpha value is -3.75. The zero-order chi connectivity index (χ0) is 19.8. The summed E-state index contributed by atoms with van der Waals surface area (Å²) >= 11 is 5.89. The van der Waals surface area contributed by atoms with Crippen LogP contribution in [-0.4, -0.2) is 5.91 Å². The topological polar surface area (TPSA) is 74.1 Å². The molecular formula is C22H16ClN3O2. The normalized spacial score (nSPS) is 10.6. The molecule has 0 aliphatic carbocycles. The Balaban J connectivity index is 1.62. The van der Waals surface area contributed by atoms with E-state index < -0.39 is 5.91 Å². The van der Waals surface area contributed by atoms with Crippen LogP contribution in [0.5, 0.6) is 11.5 Å². The second kappa shape index (κ2) is 9.26. The summed E-state index contributed by atoms with van der Waals surface area (Å²) in [5.74, 6) is 0.897. The van der Waals surface area contributed by atoms with Crippen LogP contribution in [0, 0.1) is 11.3 Å². The number of anilines is 2. The molecule has 0 spiro atoms. The van der Waals surface area contributed by atoms with Crippen LogP contribution < -0.4 is 15.4 Å². The molecule has 0 heterocycles. The summed E-state index contributed by atoms with van der Waals surface area (Å²) in [6, 6.07) is 25.2. The number of nitriles is 1. The summed E-state index contributed by atoms with van der Waals surface area (Å²) in [6.07, 6.45) is 1.35. The molecule has 5 nitrogen and oxygen atoms in total. The van der Waals surface area contributed by atoms with Crippen LogP contribution in [0.1, 0.15) is 0 Å². The summed E-state index contributed by atoms with van der Waals surface area (Å²) in [4.78, 5) is 12.2. The number of rotatable bonds is 6. The molecule has 0 unspecified atom stereocenters. The molecule has 3 rings (SSSR count). The van der Waals surface area contributed by atoms with Crippen molar-refractivity contribution in [1.29, 1.82) is 5.26 Å². The standard InChI is InChI=1S/C22H16ClN3O2/c23-17-5-4-6-19(13-17)26-22(27)16(14-24)15-25-18-9-11-21(12-10-18)28-20-7-2-1-3-8-20/h1-13,15,25H,(H,26,27). The van der Waals surface area contributed by atoms with Gasteiger partial charge >= 0.3 is 0 Å². The van der Waals surface area contributed by atoms with Crippen molar-refractivity contribution in [2.45, 2.75) is 0 Å². The van der Waals surface area contributed by atoms with Gasteiger partial charge in [-0.3, -0.25) is 4.79 Å². The van der Waals surface area contributed by atoms with Crippen LogP contribution in [-0.2, 0) is 4.79 Å². The number of amides is 1. The van der Waals surface area contributed by atoms with Crippen LogP contribution in [0.15, 0.2) is 90.6 Å². The Morgan fingerprint density at radius 3 is 2.32 bits per heavy atom.